The lowest BCUT2D eigenvalue weighted by atomic mass is 10.1. The molecular weight excluding hydrogens is 232 g/mol. The summed E-state index contributed by atoms with van der Waals surface area (Å²) in [5.41, 5.74) is 1.09. The second-order valence-corrected chi connectivity index (χ2v) is 3.99. The second kappa shape index (κ2) is 7.58. The second-order valence-electron chi connectivity index (χ2n) is 3.99. The van der Waals surface area contributed by atoms with Crippen molar-refractivity contribution >= 4 is 11.8 Å². The molecule has 5 nitrogen and oxygen atoms in total. The van der Waals surface area contributed by atoms with Crippen molar-refractivity contribution in [3.05, 3.63) is 35.9 Å². The van der Waals surface area contributed by atoms with Crippen molar-refractivity contribution in [3.8, 4) is 0 Å². The molecule has 5 heteroatoms. The largest absolute Gasteiger partial charge is 0.481 e. The number of rotatable bonds is 8. The van der Waals surface area contributed by atoms with Gasteiger partial charge in [0.25, 0.3) is 0 Å². The fraction of sp³-hybridized carbons (Fsp3) is 0.385. The number of likely N-dealkylation sites (N-methyl/N-ethyl adjacent to an activating group) is 1. The Labute approximate surface area is 106 Å². The molecule has 0 amide bonds. The third kappa shape index (κ3) is 5.07. The Kier molecular flexibility index (Phi) is 6.04. The first-order chi connectivity index (χ1) is 8.63. The zero-order chi connectivity index (χ0) is 13.4. The molecule has 0 heterocycles. The van der Waals surface area contributed by atoms with Crippen molar-refractivity contribution < 1.29 is 14.7 Å². The van der Waals surface area contributed by atoms with Crippen LogP contribution in [0.15, 0.2) is 30.3 Å². The summed E-state index contributed by atoms with van der Waals surface area (Å²) >= 11 is 0. The lowest BCUT2D eigenvalue weighted by Gasteiger charge is -2.13. The number of carbonyl (C=O) groups is 2. The number of hydrogen-bond donors (Lipinski definition) is 3. The van der Waals surface area contributed by atoms with Gasteiger partial charge < -0.3 is 15.7 Å². The Morgan fingerprint density at radius 3 is 2.50 bits per heavy atom. The fourth-order valence-electron chi connectivity index (χ4n) is 1.60. The highest BCUT2D eigenvalue weighted by Crippen LogP contribution is 1.98. The molecule has 1 rings (SSSR count). The number of carbonyl (C=O) groups excluding carboxylic acids is 1. The molecule has 1 atom stereocenters. The van der Waals surface area contributed by atoms with Crippen LogP contribution in [0, 0.1) is 0 Å². The third-order valence-corrected chi connectivity index (χ3v) is 2.59. The molecule has 0 saturated heterocycles. The Balaban J connectivity index is 2.34. The minimum Gasteiger partial charge on any atom is -0.481 e. The topological polar surface area (TPSA) is 78.4 Å². The maximum Gasteiger partial charge on any atom is 0.305 e. The SMILES string of the molecule is CN[C@@H](CC(=O)O)C(=O)CNCc1ccccc1. The normalized spacial score (nSPS) is 12.1. The first kappa shape index (κ1) is 14.3. The van der Waals surface area contributed by atoms with Crippen molar-refractivity contribution in [2.24, 2.45) is 0 Å². The minimum absolute atomic E-state index is 0.143. The molecule has 0 fully saturated rings. The van der Waals surface area contributed by atoms with Gasteiger partial charge in [-0.2, -0.15) is 0 Å². The smallest absolute Gasteiger partial charge is 0.305 e. The highest BCUT2D eigenvalue weighted by atomic mass is 16.4. The van der Waals surface area contributed by atoms with Crippen LogP contribution in [0.3, 0.4) is 0 Å². The maximum absolute atomic E-state index is 11.7. The molecule has 0 bridgehead atoms. The number of benzene rings is 1. The summed E-state index contributed by atoms with van der Waals surface area (Å²) in [6, 6.07) is 9.08. The number of aliphatic carboxylic acids is 1. The van der Waals surface area contributed by atoms with Gasteiger partial charge in [0.2, 0.25) is 0 Å². The molecule has 0 unspecified atom stereocenters. The predicted molar refractivity (Wildman–Crippen MR) is 68.3 cm³/mol. The molecule has 98 valence electrons. The van der Waals surface area contributed by atoms with Crippen LogP contribution < -0.4 is 10.6 Å². The number of ketones is 1. The van der Waals surface area contributed by atoms with Gasteiger partial charge in [-0.25, -0.2) is 0 Å². The number of carboxylic acids is 1. The van der Waals surface area contributed by atoms with Gasteiger partial charge in [0.05, 0.1) is 19.0 Å². The Morgan fingerprint density at radius 2 is 1.94 bits per heavy atom. The van der Waals surface area contributed by atoms with Gasteiger partial charge in [-0.15, -0.1) is 0 Å². The highest BCUT2D eigenvalue weighted by molar-refractivity contribution is 5.89. The molecule has 0 aliphatic heterocycles. The molecular formula is C13H18N2O3. The van der Waals surface area contributed by atoms with Crippen LogP contribution in [0.1, 0.15) is 12.0 Å². The number of nitrogens with one attached hydrogen (secondary N) is 2. The lowest BCUT2D eigenvalue weighted by Crippen LogP contribution is -2.41. The maximum atomic E-state index is 11.7. The third-order valence-electron chi connectivity index (χ3n) is 2.59. The minimum atomic E-state index is -0.981. The molecule has 0 aromatic heterocycles. The summed E-state index contributed by atoms with van der Waals surface area (Å²) in [7, 11) is 1.59. The van der Waals surface area contributed by atoms with Gasteiger partial charge in [-0.3, -0.25) is 9.59 Å². The van der Waals surface area contributed by atoms with Crippen molar-refractivity contribution in [1.82, 2.24) is 10.6 Å². The van der Waals surface area contributed by atoms with Crippen LogP contribution >= 0.6 is 0 Å². The Bertz CT molecular complexity index is 392. The van der Waals surface area contributed by atoms with E-state index in [1.807, 2.05) is 30.3 Å². The van der Waals surface area contributed by atoms with Crippen LogP contribution in [-0.2, 0) is 16.1 Å². The van der Waals surface area contributed by atoms with Crippen LogP contribution in [0.2, 0.25) is 0 Å². The average Bonchev–Trinajstić information content (AvgIpc) is 2.36. The quantitative estimate of drug-likeness (QED) is 0.623. The summed E-state index contributed by atoms with van der Waals surface area (Å²) < 4.78 is 0. The van der Waals surface area contributed by atoms with Crippen LogP contribution in [0.5, 0.6) is 0 Å². The standard InChI is InChI=1S/C13H18N2O3/c1-14-11(7-13(17)18)12(16)9-15-8-10-5-3-2-4-6-10/h2-6,11,14-15H,7-9H2,1H3,(H,17,18)/t11-/m0/s1. The predicted octanol–water partition coefficient (Wildman–Crippen LogP) is 0.408. The van der Waals surface area contributed by atoms with Gasteiger partial charge in [0, 0.05) is 6.54 Å². The molecule has 1 aromatic rings. The highest BCUT2D eigenvalue weighted by Gasteiger charge is 2.18. The molecule has 18 heavy (non-hydrogen) atoms. The van der Waals surface area contributed by atoms with Crippen molar-refractivity contribution in [1.29, 1.82) is 0 Å². The van der Waals surface area contributed by atoms with Crippen molar-refractivity contribution in [3.63, 3.8) is 0 Å². The van der Waals surface area contributed by atoms with Gasteiger partial charge in [-0.05, 0) is 12.6 Å². The monoisotopic (exact) mass is 250 g/mol. The molecule has 0 aliphatic rings. The molecule has 0 spiro atoms. The Hall–Kier alpha value is -1.72. The van der Waals surface area contributed by atoms with E-state index >= 15 is 0 Å². The summed E-state index contributed by atoms with van der Waals surface area (Å²) in [6.07, 6.45) is -0.192. The molecule has 0 radical (unpaired) electrons. The summed E-state index contributed by atoms with van der Waals surface area (Å²) in [6.45, 7) is 0.754. The number of Topliss-reactive ketones (excluding diaryl/α,β-unsaturated/α-hetero) is 1. The fourth-order valence-corrected chi connectivity index (χ4v) is 1.60. The van der Waals surface area contributed by atoms with E-state index in [0.29, 0.717) is 6.54 Å². The lowest BCUT2D eigenvalue weighted by molar-refractivity contribution is -0.139. The van der Waals surface area contributed by atoms with Gasteiger partial charge in [0.15, 0.2) is 5.78 Å². The van der Waals surface area contributed by atoms with Crippen molar-refractivity contribution in [2.45, 2.75) is 19.0 Å². The molecule has 3 N–H and O–H groups in total. The Morgan fingerprint density at radius 1 is 1.28 bits per heavy atom. The number of hydrogen-bond acceptors (Lipinski definition) is 4. The summed E-state index contributed by atoms with van der Waals surface area (Å²) in [5.74, 6) is -1.12. The van der Waals surface area contributed by atoms with E-state index in [9.17, 15) is 9.59 Å². The van der Waals surface area contributed by atoms with Crippen LogP contribution in [-0.4, -0.2) is 36.5 Å². The average molecular weight is 250 g/mol. The summed E-state index contributed by atoms with van der Waals surface area (Å²) in [5, 5.41) is 14.4. The van der Waals surface area contributed by atoms with E-state index in [-0.39, 0.29) is 18.7 Å². The first-order valence-electron chi connectivity index (χ1n) is 5.80. The van der Waals surface area contributed by atoms with Gasteiger partial charge >= 0.3 is 5.97 Å². The molecule has 0 saturated carbocycles. The molecule has 0 aliphatic carbocycles. The van der Waals surface area contributed by atoms with Crippen LogP contribution in [0.4, 0.5) is 0 Å². The van der Waals surface area contributed by atoms with E-state index in [1.54, 1.807) is 7.05 Å². The summed E-state index contributed by atoms with van der Waals surface area (Å²) in [4.78, 5) is 22.3. The van der Waals surface area contributed by atoms with Gasteiger partial charge in [-0.1, -0.05) is 30.3 Å². The number of carboxylic acid groups (broad SMARTS) is 1. The van der Waals surface area contributed by atoms with Crippen LogP contribution in [0.25, 0.3) is 0 Å². The zero-order valence-electron chi connectivity index (χ0n) is 10.3. The van der Waals surface area contributed by atoms with Crippen molar-refractivity contribution in [2.75, 3.05) is 13.6 Å². The first-order valence-corrected chi connectivity index (χ1v) is 5.80. The van der Waals surface area contributed by atoms with E-state index in [1.165, 1.54) is 0 Å². The zero-order valence-corrected chi connectivity index (χ0v) is 10.3. The van der Waals surface area contributed by atoms with E-state index in [0.717, 1.165) is 5.56 Å². The van der Waals surface area contributed by atoms with E-state index < -0.39 is 12.0 Å². The van der Waals surface area contributed by atoms with Gasteiger partial charge in [0.1, 0.15) is 0 Å². The van der Waals surface area contributed by atoms with E-state index in [4.69, 9.17) is 5.11 Å². The molecule has 1 aromatic carbocycles. The van der Waals surface area contributed by atoms with E-state index in [2.05, 4.69) is 10.6 Å².